The normalized spacial score (nSPS) is 19.6. The van der Waals surface area contributed by atoms with Gasteiger partial charge in [-0.2, -0.15) is 0 Å². The van der Waals surface area contributed by atoms with E-state index in [2.05, 4.69) is 25.1 Å². The summed E-state index contributed by atoms with van der Waals surface area (Å²) in [5.41, 5.74) is 4.13. The van der Waals surface area contributed by atoms with Crippen LogP contribution in [0, 0.1) is 5.82 Å². The summed E-state index contributed by atoms with van der Waals surface area (Å²) in [6.45, 7) is 2.10. The minimum Gasteiger partial charge on any atom is -0.458 e. The summed E-state index contributed by atoms with van der Waals surface area (Å²) in [5.74, 6) is -0.656. The van der Waals surface area contributed by atoms with Crippen LogP contribution in [0.2, 0.25) is 0 Å². The lowest BCUT2D eigenvalue weighted by atomic mass is 9.88. The third-order valence-electron chi connectivity index (χ3n) is 5.36. The molecular formula is C25H23FO3. The van der Waals surface area contributed by atoms with Crippen LogP contribution in [-0.4, -0.2) is 23.3 Å². The van der Waals surface area contributed by atoms with E-state index in [-0.39, 0.29) is 18.2 Å². The molecule has 0 amide bonds. The van der Waals surface area contributed by atoms with Gasteiger partial charge >= 0.3 is 5.97 Å². The molecule has 1 fully saturated rings. The number of ether oxygens (including phenoxy) is 1. The van der Waals surface area contributed by atoms with E-state index in [9.17, 15) is 14.3 Å². The van der Waals surface area contributed by atoms with Crippen LogP contribution in [0.15, 0.2) is 60.7 Å². The van der Waals surface area contributed by atoms with Crippen molar-refractivity contribution in [1.29, 1.82) is 0 Å². The van der Waals surface area contributed by atoms with Crippen LogP contribution in [0.25, 0.3) is 28.0 Å². The van der Waals surface area contributed by atoms with Crippen LogP contribution in [0.1, 0.15) is 30.9 Å². The molecule has 3 aromatic rings. The van der Waals surface area contributed by atoms with Gasteiger partial charge in [-0.15, -0.1) is 0 Å². The second-order valence-corrected chi connectivity index (χ2v) is 7.39. The number of benzene rings is 3. The van der Waals surface area contributed by atoms with E-state index in [1.165, 1.54) is 12.1 Å². The molecule has 0 saturated carbocycles. The highest BCUT2D eigenvalue weighted by Crippen LogP contribution is 2.36. The first-order valence-electron chi connectivity index (χ1n) is 9.91. The lowest BCUT2D eigenvalue weighted by Crippen LogP contribution is -2.31. The molecule has 3 aromatic carbocycles. The predicted octanol–water partition coefficient (Wildman–Crippen LogP) is 5.29. The molecule has 1 aliphatic heterocycles. The van der Waals surface area contributed by atoms with Gasteiger partial charge < -0.3 is 9.84 Å². The number of hydrogen-bond acceptors (Lipinski definition) is 3. The molecule has 0 aromatic heterocycles. The number of carbonyl (C=O) groups is 1. The zero-order valence-electron chi connectivity index (χ0n) is 16.3. The number of fused-ring (bicyclic) bond motifs is 1. The number of hydrogen-bond donors (Lipinski definition) is 1. The van der Waals surface area contributed by atoms with E-state index in [0.717, 1.165) is 39.4 Å². The first-order valence-corrected chi connectivity index (χ1v) is 9.91. The Balaban J connectivity index is 1.87. The largest absolute Gasteiger partial charge is 0.458 e. The van der Waals surface area contributed by atoms with Crippen molar-refractivity contribution in [2.75, 3.05) is 0 Å². The summed E-state index contributed by atoms with van der Waals surface area (Å²) >= 11 is 0. The molecule has 148 valence electrons. The molecule has 0 aliphatic carbocycles. The Morgan fingerprint density at radius 2 is 1.93 bits per heavy atom. The lowest BCUT2D eigenvalue weighted by molar-refractivity contribution is -0.156. The second-order valence-electron chi connectivity index (χ2n) is 7.39. The first-order chi connectivity index (χ1) is 14.0. The Labute approximate surface area is 169 Å². The van der Waals surface area contributed by atoms with Gasteiger partial charge in [0.25, 0.3) is 0 Å². The predicted molar refractivity (Wildman–Crippen MR) is 113 cm³/mol. The third kappa shape index (κ3) is 4.08. The van der Waals surface area contributed by atoms with Crippen LogP contribution in [-0.2, 0) is 16.0 Å². The van der Waals surface area contributed by atoms with E-state index in [1.54, 1.807) is 12.1 Å². The minimum atomic E-state index is -0.676. The molecular weight excluding hydrogens is 367 g/mol. The highest BCUT2D eigenvalue weighted by Gasteiger charge is 2.25. The topological polar surface area (TPSA) is 46.5 Å². The minimum absolute atomic E-state index is 0.0430. The first kappa shape index (κ1) is 19.3. The molecule has 3 nitrogen and oxygen atoms in total. The van der Waals surface area contributed by atoms with Crippen molar-refractivity contribution in [3.63, 3.8) is 0 Å². The third-order valence-corrected chi connectivity index (χ3v) is 5.36. The van der Waals surface area contributed by atoms with Gasteiger partial charge in [0.2, 0.25) is 0 Å². The maximum atomic E-state index is 13.5. The van der Waals surface area contributed by atoms with Gasteiger partial charge in [-0.05, 0) is 57.7 Å². The maximum absolute atomic E-state index is 13.5. The Kier molecular flexibility index (Phi) is 5.45. The molecule has 0 radical (unpaired) electrons. The Morgan fingerprint density at radius 3 is 2.66 bits per heavy atom. The number of esters is 1. The highest BCUT2D eigenvalue weighted by atomic mass is 19.1. The highest BCUT2D eigenvalue weighted by molar-refractivity contribution is 6.01. The summed E-state index contributed by atoms with van der Waals surface area (Å²) < 4.78 is 18.9. The average molecular weight is 390 g/mol. The summed E-state index contributed by atoms with van der Waals surface area (Å²) in [7, 11) is 0. The Morgan fingerprint density at radius 1 is 1.17 bits per heavy atom. The van der Waals surface area contributed by atoms with E-state index in [4.69, 9.17) is 4.74 Å². The molecule has 4 heteroatoms. The number of cyclic esters (lactones) is 1. The Hall–Kier alpha value is -2.98. The van der Waals surface area contributed by atoms with Gasteiger partial charge in [-0.3, -0.25) is 4.79 Å². The lowest BCUT2D eigenvalue weighted by Gasteiger charge is -2.24. The van der Waals surface area contributed by atoms with Gasteiger partial charge in [0.05, 0.1) is 12.5 Å². The average Bonchev–Trinajstić information content (AvgIpc) is 2.71. The van der Waals surface area contributed by atoms with E-state index in [0.29, 0.717) is 6.42 Å². The quantitative estimate of drug-likeness (QED) is 0.616. The molecule has 0 unspecified atom stereocenters. The zero-order chi connectivity index (χ0) is 20.4. The Bertz CT molecular complexity index is 1070. The molecule has 29 heavy (non-hydrogen) atoms. The molecule has 1 N–H and O–H groups in total. The summed E-state index contributed by atoms with van der Waals surface area (Å²) in [4.78, 5) is 11.7. The zero-order valence-corrected chi connectivity index (χ0v) is 16.3. The number of aryl methyl sites for hydroxylation is 1. The van der Waals surface area contributed by atoms with Crippen molar-refractivity contribution >= 4 is 22.8 Å². The fraction of sp³-hybridized carbons (Fsp3) is 0.240. The van der Waals surface area contributed by atoms with Crippen molar-refractivity contribution in [2.45, 2.75) is 38.4 Å². The number of aliphatic hydroxyl groups excluding tert-OH is 1. The number of carbonyl (C=O) groups excluding carboxylic acids is 1. The smallest absolute Gasteiger partial charge is 0.309 e. The van der Waals surface area contributed by atoms with Gasteiger partial charge in [-0.25, -0.2) is 4.39 Å². The van der Waals surface area contributed by atoms with Crippen LogP contribution in [0.5, 0.6) is 0 Å². The summed E-state index contributed by atoms with van der Waals surface area (Å²) in [6.07, 6.45) is 3.94. The monoisotopic (exact) mass is 390 g/mol. The van der Waals surface area contributed by atoms with Crippen LogP contribution < -0.4 is 0 Å². The van der Waals surface area contributed by atoms with Gasteiger partial charge in [-0.1, -0.05) is 55.5 Å². The molecule has 1 saturated heterocycles. The van der Waals surface area contributed by atoms with Crippen molar-refractivity contribution < 1.29 is 19.0 Å². The molecule has 1 heterocycles. The molecule has 4 rings (SSSR count). The van der Waals surface area contributed by atoms with E-state index >= 15 is 0 Å². The molecule has 1 aliphatic rings. The maximum Gasteiger partial charge on any atom is 0.309 e. The van der Waals surface area contributed by atoms with Crippen molar-refractivity contribution in [3.8, 4) is 11.1 Å². The standard InChI is InChI=1S/C25H23FO3/c1-2-16-13-18-5-3-4-6-22(18)25(17-7-9-19(26)10-8-17)23(16)12-11-21-14-20(27)15-24(28)29-21/h3-13,20-21,27H,2,14-15H2,1H3/b12-11+/t20-,21-/m1/s1. The van der Waals surface area contributed by atoms with Crippen molar-refractivity contribution in [3.05, 3.63) is 77.6 Å². The van der Waals surface area contributed by atoms with Gasteiger partial charge in [0.1, 0.15) is 11.9 Å². The van der Waals surface area contributed by atoms with E-state index in [1.807, 2.05) is 24.3 Å². The van der Waals surface area contributed by atoms with Crippen LogP contribution in [0.3, 0.4) is 0 Å². The number of halogens is 1. The summed E-state index contributed by atoms with van der Waals surface area (Å²) in [6, 6.07) is 16.8. The van der Waals surface area contributed by atoms with Crippen LogP contribution in [0.4, 0.5) is 4.39 Å². The van der Waals surface area contributed by atoms with Crippen molar-refractivity contribution in [2.24, 2.45) is 0 Å². The fourth-order valence-corrected chi connectivity index (χ4v) is 3.96. The van der Waals surface area contributed by atoms with Crippen LogP contribution >= 0.6 is 0 Å². The second kappa shape index (κ2) is 8.18. The molecule has 2 atom stereocenters. The van der Waals surface area contributed by atoms with Gasteiger partial charge in [0.15, 0.2) is 0 Å². The van der Waals surface area contributed by atoms with E-state index < -0.39 is 12.2 Å². The fourth-order valence-electron chi connectivity index (χ4n) is 3.96. The molecule has 0 bridgehead atoms. The summed E-state index contributed by atoms with van der Waals surface area (Å²) in [5, 5.41) is 12.1. The number of rotatable bonds is 4. The number of aliphatic hydroxyl groups is 1. The van der Waals surface area contributed by atoms with Gasteiger partial charge in [0, 0.05) is 6.42 Å². The SMILES string of the molecule is CCc1cc2ccccc2c(-c2ccc(F)cc2)c1/C=C/[C@@H]1C[C@@H](O)CC(=O)O1. The van der Waals surface area contributed by atoms with Crippen molar-refractivity contribution in [1.82, 2.24) is 0 Å². The molecule has 0 spiro atoms.